The molecule has 0 bridgehead atoms. The van der Waals surface area contributed by atoms with Gasteiger partial charge in [0.2, 0.25) is 5.95 Å². The van der Waals surface area contributed by atoms with Crippen molar-refractivity contribution in [2.45, 2.75) is 31.6 Å². The van der Waals surface area contributed by atoms with Crippen LogP contribution in [-0.2, 0) is 4.74 Å². The van der Waals surface area contributed by atoms with E-state index in [1.165, 1.54) is 0 Å². The van der Waals surface area contributed by atoms with E-state index in [-0.39, 0.29) is 12.5 Å². The lowest BCUT2D eigenvalue weighted by atomic mass is 10.1. The molecule has 0 aliphatic heterocycles. The van der Waals surface area contributed by atoms with Gasteiger partial charge in [0.05, 0.1) is 18.8 Å². The second kappa shape index (κ2) is 8.07. The van der Waals surface area contributed by atoms with Gasteiger partial charge in [0.15, 0.2) is 0 Å². The summed E-state index contributed by atoms with van der Waals surface area (Å²) in [7, 11) is 1.60. The Morgan fingerprint density at radius 1 is 1.30 bits per heavy atom. The molecule has 1 fully saturated rings. The van der Waals surface area contributed by atoms with E-state index < -0.39 is 18.2 Å². The fourth-order valence-electron chi connectivity index (χ4n) is 2.60. The zero-order valence-corrected chi connectivity index (χ0v) is 13.9. The molecule has 4 atom stereocenters. The third kappa shape index (κ3) is 4.21. The molecule has 23 heavy (non-hydrogen) atoms. The van der Waals surface area contributed by atoms with E-state index >= 15 is 0 Å². The number of nitrogens with one attached hydrogen (secondary N) is 2. The highest BCUT2D eigenvalue weighted by Crippen LogP contribution is 2.30. The second-order valence-electron chi connectivity index (χ2n) is 5.64. The summed E-state index contributed by atoms with van der Waals surface area (Å²) in [5, 5.41) is 35.6. The number of aliphatic hydroxyl groups excluding tert-OH is 3. The highest BCUT2D eigenvalue weighted by atomic mass is 35.5. The van der Waals surface area contributed by atoms with Crippen LogP contribution in [0.4, 0.5) is 11.8 Å². The topological polar surface area (TPSA) is 120 Å². The molecule has 1 aliphatic rings. The average Bonchev–Trinajstić information content (AvgIpc) is 2.80. The van der Waals surface area contributed by atoms with Crippen LogP contribution >= 0.6 is 11.6 Å². The monoisotopic (exact) mass is 346 g/mol. The van der Waals surface area contributed by atoms with Crippen LogP contribution in [0.1, 0.15) is 12.0 Å². The van der Waals surface area contributed by atoms with Gasteiger partial charge in [-0.1, -0.05) is 11.6 Å². The van der Waals surface area contributed by atoms with Crippen LogP contribution in [0.5, 0.6) is 0 Å². The van der Waals surface area contributed by atoms with Gasteiger partial charge in [0, 0.05) is 31.7 Å². The average molecular weight is 347 g/mol. The molecule has 1 heterocycles. The number of hydrogen-bond acceptors (Lipinski definition) is 8. The number of nitrogens with zero attached hydrogens (tertiary/aromatic N) is 2. The molecule has 0 radical (unpaired) electrons. The Kier molecular flexibility index (Phi) is 6.37. The fraction of sp³-hybridized carbons (Fsp3) is 0.714. The van der Waals surface area contributed by atoms with E-state index in [9.17, 15) is 15.3 Å². The van der Waals surface area contributed by atoms with E-state index in [4.69, 9.17) is 16.3 Å². The first-order chi connectivity index (χ1) is 11.0. The van der Waals surface area contributed by atoms with Crippen molar-refractivity contribution in [3.05, 3.63) is 10.7 Å². The Morgan fingerprint density at radius 3 is 2.65 bits per heavy atom. The zero-order valence-electron chi connectivity index (χ0n) is 13.2. The quantitative estimate of drug-likeness (QED) is 0.346. The first-order valence-electron chi connectivity index (χ1n) is 7.48. The van der Waals surface area contributed by atoms with E-state index in [1.54, 1.807) is 14.0 Å². The number of methoxy groups -OCH3 is 1. The highest BCUT2D eigenvalue weighted by molar-refractivity contribution is 6.30. The fourth-order valence-corrected chi connectivity index (χ4v) is 2.77. The summed E-state index contributed by atoms with van der Waals surface area (Å²) in [4.78, 5) is 8.49. The van der Waals surface area contributed by atoms with Gasteiger partial charge >= 0.3 is 0 Å². The molecular formula is C14H23ClN4O4. The molecule has 0 spiro atoms. The van der Waals surface area contributed by atoms with Gasteiger partial charge in [-0.3, -0.25) is 0 Å². The van der Waals surface area contributed by atoms with E-state index in [0.29, 0.717) is 42.1 Å². The van der Waals surface area contributed by atoms with Gasteiger partial charge in [-0.2, -0.15) is 4.98 Å². The third-order valence-electron chi connectivity index (χ3n) is 4.03. The molecule has 1 saturated carbocycles. The highest BCUT2D eigenvalue weighted by Gasteiger charge is 2.41. The van der Waals surface area contributed by atoms with Crippen molar-refractivity contribution in [1.82, 2.24) is 9.97 Å². The summed E-state index contributed by atoms with van der Waals surface area (Å²) < 4.78 is 4.95. The minimum atomic E-state index is -0.981. The maximum Gasteiger partial charge on any atom is 0.226 e. The van der Waals surface area contributed by atoms with E-state index in [1.807, 2.05) is 0 Å². The van der Waals surface area contributed by atoms with Gasteiger partial charge in [0.1, 0.15) is 17.1 Å². The van der Waals surface area contributed by atoms with Crippen LogP contribution < -0.4 is 10.6 Å². The molecule has 1 aromatic heterocycles. The van der Waals surface area contributed by atoms with Crippen molar-refractivity contribution < 1.29 is 20.1 Å². The number of halogens is 1. The molecule has 0 aromatic carbocycles. The van der Waals surface area contributed by atoms with Gasteiger partial charge in [-0.05, 0) is 13.3 Å². The summed E-state index contributed by atoms with van der Waals surface area (Å²) in [6, 6.07) is -0.418. The van der Waals surface area contributed by atoms with Crippen molar-refractivity contribution in [3.63, 3.8) is 0 Å². The smallest absolute Gasteiger partial charge is 0.226 e. The number of hydrogen-bond donors (Lipinski definition) is 5. The van der Waals surface area contributed by atoms with Crippen LogP contribution in [0.25, 0.3) is 0 Å². The summed E-state index contributed by atoms with van der Waals surface area (Å²) in [5.41, 5.74) is 0.651. The van der Waals surface area contributed by atoms with Crippen molar-refractivity contribution in [1.29, 1.82) is 0 Å². The number of ether oxygens (including phenoxy) is 1. The molecule has 2 rings (SSSR count). The van der Waals surface area contributed by atoms with E-state index in [2.05, 4.69) is 20.6 Å². The molecule has 9 heteroatoms. The number of rotatable bonds is 7. The summed E-state index contributed by atoms with van der Waals surface area (Å²) >= 11 is 6.12. The lowest BCUT2D eigenvalue weighted by molar-refractivity contribution is 0.00445. The molecular weight excluding hydrogens is 324 g/mol. The first-order valence-corrected chi connectivity index (χ1v) is 7.86. The third-order valence-corrected chi connectivity index (χ3v) is 4.40. The van der Waals surface area contributed by atoms with Crippen molar-refractivity contribution in [2.24, 2.45) is 5.92 Å². The largest absolute Gasteiger partial charge is 0.396 e. The normalized spacial score (nSPS) is 27.2. The van der Waals surface area contributed by atoms with E-state index in [0.717, 1.165) is 0 Å². The lowest BCUT2D eigenvalue weighted by Crippen LogP contribution is -2.35. The number of anilines is 2. The van der Waals surface area contributed by atoms with Crippen LogP contribution in [-0.4, -0.2) is 70.4 Å². The Labute approximate surface area is 139 Å². The molecule has 5 N–H and O–H groups in total. The summed E-state index contributed by atoms with van der Waals surface area (Å²) in [6.07, 6.45) is -1.51. The molecule has 0 saturated heterocycles. The molecule has 1 aromatic rings. The predicted octanol–water partition coefficient (Wildman–Crippen LogP) is 0.0112. The summed E-state index contributed by atoms with van der Waals surface area (Å²) in [5.74, 6) is 0.478. The molecule has 0 amide bonds. The number of aromatic nitrogens is 2. The van der Waals surface area contributed by atoms with Gasteiger partial charge in [-0.25, -0.2) is 4.98 Å². The SMILES string of the molecule is COCCNc1nc(Cl)c(C)c(NC2CC(CO)C(O)C2O)n1. The lowest BCUT2D eigenvalue weighted by Gasteiger charge is -2.20. The van der Waals surface area contributed by atoms with Crippen molar-refractivity contribution >= 4 is 23.4 Å². The molecule has 1 aliphatic carbocycles. The second-order valence-corrected chi connectivity index (χ2v) is 6.00. The van der Waals surface area contributed by atoms with Gasteiger partial charge < -0.3 is 30.7 Å². The van der Waals surface area contributed by atoms with Crippen LogP contribution in [0.15, 0.2) is 0 Å². The minimum absolute atomic E-state index is 0.177. The zero-order chi connectivity index (χ0) is 17.0. The first kappa shape index (κ1) is 18.2. The Balaban J connectivity index is 2.12. The predicted molar refractivity (Wildman–Crippen MR) is 86.8 cm³/mol. The molecule has 130 valence electrons. The van der Waals surface area contributed by atoms with Crippen LogP contribution in [0.2, 0.25) is 5.15 Å². The van der Waals surface area contributed by atoms with Gasteiger partial charge in [-0.15, -0.1) is 0 Å². The van der Waals surface area contributed by atoms with Gasteiger partial charge in [0.25, 0.3) is 0 Å². The number of aliphatic hydroxyl groups is 3. The minimum Gasteiger partial charge on any atom is -0.396 e. The maximum absolute atomic E-state index is 10.1. The standard InChI is InChI=1S/C14H23ClN4O4/c1-7-12(15)18-14(16-3-4-23-2)19-13(7)17-9-5-8(6-20)10(21)11(9)22/h8-11,20-22H,3-6H2,1-2H3,(H2,16,17,18,19). The maximum atomic E-state index is 10.1. The molecule has 8 nitrogen and oxygen atoms in total. The Morgan fingerprint density at radius 2 is 2.04 bits per heavy atom. The Hall–Kier alpha value is -1.19. The van der Waals surface area contributed by atoms with Crippen LogP contribution in [0.3, 0.4) is 0 Å². The van der Waals surface area contributed by atoms with Crippen molar-refractivity contribution in [3.8, 4) is 0 Å². The van der Waals surface area contributed by atoms with Crippen LogP contribution in [0, 0.1) is 12.8 Å². The summed E-state index contributed by atoms with van der Waals surface area (Å²) in [6.45, 7) is 2.63. The Bertz CT molecular complexity index is 534. The molecule has 4 unspecified atom stereocenters. The van der Waals surface area contributed by atoms with Crippen molar-refractivity contribution in [2.75, 3.05) is 37.5 Å².